The Bertz CT molecular complexity index is 277. The molecular formula is C9H11NO3. The van der Waals surface area contributed by atoms with Crippen molar-refractivity contribution in [3.8, 4) is 0 Å². The van der Waals surface area contributed by atoms with Crippen molar-refractivity contribution in [3.63, 3.8) is 0 Å². The summed E-state index contributed by atoms with van der Waals surface area (Å²) >= 11 is 0. The number of aliphatic imine (C=N–C) groups is 1. The van der Waals surface area contributed by atoms with E-state index < -0.39 is 5.97 Å². The van der Waals surface area contributed by atoms with Gasteiger partial charge in [0.15, 0.2) is 0 Å². The van der Waals surface area contributed by atoms with Gasteiger partial charge in [-0.15, -0.1) is 0 Å². The van der Waals surface area contributed by atoms with E-state index in [4.69, 9.17) is 5.11 Å². The molecule has 0 rings (SSSR count). The number of aliphatic carboxylic acids is 1. The van der Waals surface area contributed by atoms with E-state index in [1.807, 2.05) is 0 Å². The van der Waals surface area contributed by atoms with Gasteiger partial charge in [-0.3, -0.25) is 4.99 Å². The average Bonchev–Trinajstić information content (AvgIpc) is 2.05. The molecule has 0 amide bonds. The molecule has 0 saturated heterocycles. The Labute approximate surface area is 76.2 Å². The number of carbonyl (C=O) groups is 1. The highest BCUT2D eigenvalue weighted by Gasteiger charge is 2.06. The number of rotatable bonds is 5. The second kappa shape index (κ2) is 5.77. The third-order valence-corrected chi connectivity index (χ3v) is 1.22. The van der Waals surface area contributed by atoms with E-state index >= 15 is 0 Å². The van der Waals surface area contributed by atoms with Crippen LogP contribution in [0.5, 0.6) is 0 Å². The minimum Gasteiger partial charge on any atom is -0.507 e. The molecular weight excluding hydrogens is 170 g/mol. The number of carboxylic acid groups (broad SMARTS) is 1. The van der Waals surface area contributed by atoms with Crippen molar-refractivity contribution in [2.75, 3.05) is 6.54 Å². The molecule has 4 heteroatoms. The number of allylic oxidation sites excluding steroid dienone is 1. The maximum atomic E-state index is 10.4. The summed E-state index contributed by atoms with van der Waals surface area (Å²) in [5.74, 6) is -1.56. The van der Waals surface area contributed by atoms with Crippen molar-refractivity contribution in [3.05, 3.63) is 36.1 Å². The molecule has 0 aromatic heterocycles. The molecule has 2 N–H and O–H groups in total. The predicted octanol–water partition coefficient (Wildman–Crippen LogP) is 1.33. The number of aliphatic hydroxyl groups is 1. The third kappa shape index (κ3) is 3.91. The maximum absolute atomic E-state index is 10.4. The van der Waals surface area contributed by atoms with Crippen LogP contribution in [0.4, 0.5) is 0 Å². The number of nitrogens with zero attached hydrogens (tertiary/aromatic N) is 1. The van der Waals surface area contributed by atoms with Gasteiger partial charge >= 0.3 is 5.97 Å². The van der Waals surface area contributed by atoms with E-state index in [2.05, 4.69) is 18.3 Å². The van der Waals surface area contributed by atoms with E-state index in [0.717, 1.165) is 6.08 Å². The van der Waals surface area contributed by atoms with E-state index in [0.29, 0.717) is 6.54 Å². The first kappa shape index (κ1) is 11.2. The van der Waals surface area contributed by atoms with Crippen LogP contribution in [0.1, 0.15) is 0 Å². The molecule has 0 saturated carbocycles. The number of aliphatic hydroxyl groups excluding tert-OH is 1. The van der Waals surface area contributed by atoms with E-state index in [9.17, 15) is 9.90 Å². The summed E-state index contributed by atoms with van der Waals surface area (Å²) in [4.78, 5) is 13.9. The zero-order valence-corrected chi connectivity index (χ0v) is 7.10. The van der Waals surface area contributed by atoms with Gasteiger partial charge in [0, 0.05) is 0 Å². The highest BCUT2D eigenvalue weighted by Crippen LogP contribution is 2.04. The zero-order valence-electron chi connectivity index (χ0n) is 7.10. The van der Waals surface area contributed by atoms with Gasteiger partial charge in [-0.1, -0.05) is 18.7 Å². The molecule has 70 valence electrons. The van der Waals surface area contributed by atoms with Gasteiger partial charge in [0.1, 0.15) is 11.3 Å². The van der Waals surface area contributed by atoms with Crippen LogP contribution in [0.25, 0.3) is 0 Å². The Balaban J connectivity index is 4.65. The molecule has 0 unspecified atom stereocenters. The molecule has 0 bridgehead atoms. The minimum atomic E-state index is -1.22. The van der Waals surface area contributed by atoms with Crippen LogP contribution in [0.2, 0.25) is 0 Å². The molecule has 0 radical (unpaired) electrons. The lowest BCUT2D eigenvalue weighted by atomic mass is 10.2. The summed E-state index contributed by atoms with van der Waals surface area (Å²) in [6.45, 7) is 6.81. The fraction of sp³-hybridized carbons (Fsp3) is 0.111. The largest absolute Gasteiger partial charge is 0.507 e. The fourth-order valence-corrected chi connectivity index (χ4v) is 0.630. The van der Waals surface area contributed by atoms with Gasteiger partial charge in [0.2, 0.25) is 0 Å². The summed E-state index contributed by atoms with van der Waals surface area (Å²) in [5, 5.41) is 17.7. The number of hydrogen-bond donors (Lipinski definition) is 2. The summed E-state index contributed by atoms with van der Waals surface area (Å²) in [7, 11) is 0. The van der Waals surface area contributed by atoms with Crippen LogP contribution in [0.3, 0.4) is 0 Å². The van der Waals surface area contributed by atoms with E-state index in [-0.39, 0.29) is 11.3 Å². The van der Waals surface area contributed by atoms with Gasteiger partial charge in [-0.05, 0) is 12.8 Å². The SMILES string of the molecule is C=C/C(C(=O)O)=C(O)\C=C/CN=C. The lowest BCUT2D eigenvalue weighted by Gasteiger charge is -1.95. The van der Waals surface area contributed by atoms with Crippen molar-refractivity contribution in [2.24, 2.45) is 4.99 Å². The molecule has 0 spiro atoms. The monoisotopic (exact) mass is 181 g/mol. The summed E-state index contributed by atoms with van der Waals surface area (Å²) < 4.78 is 0. The Kier molecular flexibility index (Phi) is 4.95. The molecule has 4 nitrogen and oxygen atoms in total. The first-order valence-electron chi connectivity index (χ1n) is 3.51. The lowest BCUT2D eigenvalue weighted by molar-refractivity contribution is -0.132. The number of carboxylic acids is 1. The van der Waals surface area contributed by atoms with Crippen LogP contribution in [-0.2, 0) is 4.79 Å². The summed E-state index contributed by atoms with van der Waals surface area (Å²) in [5.41, 5.74) is -0.236. The molecule has 0 aliphatic heterocycles. The van der Waals surface area contributed by atoms with Gasteiger partial charge in [-0.2, -0.15) is 0 Å². The van der Waals surface area contributed by atoms with E-state index in [1.165, 1.54) is 12.2 Å². The molecule has 0 aromatic carbocycles. The summed E-state index contributed by atoms with van der Waals surface area (Å²) in [6.07, 6.45) is 3.82. The molecule has 0 heterocycles. The topological polar surface area (TPSA) is 69.9 Å². The van der Waals surface area contributed by atoms with Crippen LogP contribution in [-0.4, -0.2) is 29.4 Å². The Morgan fingerprint density at radius 3 is 2.46 bits per heavy atom. The standard InChI is InChI=1S/C9H11NO3/c1-3-7(9(12)13)8(11)5-4-6-10-2/h3-5,11H,1-2,6H2,(H,12,13)/b5-4-,8-7-. The molecule has 0 aromatic rings. The maximum Gasteiger partial charge on any atom is 0.339 e. The van der Waals surface area contributed by atoms with Crippen molar-refractivity contribution in [2.45, 2.75) is 0 Å². The van der Waals surface area contributed by atoms with Crippen LogP contribution < -0.4 is 0 Å². The van der Waals surface area contributed by atoms with Crippen LogP contribution in [0.15, 0.2) is 41.1 Å². The van der Waals surface area contributed by atoms with Crippen LogP contribution >= 0.6 is 0 Å². The molecule has 0 aliphatic rings. The lowest BCUT2D eigenvalue weighted by Crippen LogP contribution is -2.00. The molecule has 0 fully saturated rings. The smallest absolute Gasteiger partial charge is 0.339 e. The number of hydrogen-bond acceptors (Lipinski definition) is 3. The van der Waals surface area contributed by atoms with Gasteiger partial charge in [0.25, 0.3) is 0 Å². The van der Waals surface area contributed by atoms with Gasteiger partial charge < -0.3 is 10.2 Å². The normalized spacial score (nSPS) is 12.3. The first-order chi connectivity index (χ1) is 6.13. The predicted molar refractivity (Wildman–Crippen MR) is 51.0 cm³/mol. The van der Waals surface area contributed by atoms with Crippen molar-refractivity contribution in [1.29, 1.82) is 0 Å². The van der Waals surface area contributed by atoms with Crippen molar-refractivity contribution >= 4 is 12.7 Å². The zero-order chi connectivity index (χ0) is 10.3. The van der Waals surface area contributed by atoms with Crippen molar-refractivity contribution < 1.29 is 15.0 Å². The van der Waals surface area contributed by atoms with Crippen molar-refractivity contribution in [1.82, 2.24) is 0 Å². The van der Waals surface area contributed by atoms with Gasteiger partial charge in [0.05, 0.1) is 6.54 Å². The average molecular weight is 181 g/mol. The minimum absolute atomic E-state index is 0.236. The van der Waals surface area contributed by atoms with E-state index in [1.54, 1.807) is 0 Å². The fourth-order valence-electron chi connectivity index (χ4n) is 0.630. The molecule has 0 atom stereocenters. The van der Waals surface area contributed by atoms with Gasteiger partial charge in [-0.25, -0.2) is 4.79 Å². The Morgan fingerprint density at radius 2 is 2.08 bits per heavy atom. The molecule has 0 aliphatic carbocycles. The van der Waals surface area contributed by atoms with Crippen LogP contribution in [0, 0.1) is 0 Å². The quantitative estimate of drug-likeness (QED) is 0.291. The first-order valence-corrected chi connectivity index (χ1v) is 3.51. The highest BCUT2D eigenvalue weighted by atomic mass is 16.4. The highest BCUT2D eigenvalue weighted by molar-refractivity contribution is 5.90. The summed E-state index contributed by atoms with van der Waals surface area (Å²) in [6, 6.07) is 0. The second-order valence-corrected chi connectivity index (χ2v) is 2.12. The Hall–Kier alpha value is -1.84. The second-order valence-electron chi connectivity index (χ2n) is 2.12. The third-order valence-electron chi connectivity index (χ3n) is 1.22. The Morgan fingerprint density at radius 1 is 1.46 bits per heavy atom. The molecule has 13 heavy (non-hydrogen) atoms.